The smallest absolute Gasteiger partial charge is 0.347 e. The lowest BCUT2D eigenvalue weighted by Crippen LogP contribution is -2.26. The van der Waals surface area contributed by atoms with Crippen LogP contribution in [0.1, 0.15) is 26.5 Å². The van der Waals surface area contributed by atoms with Crippen LogP contribution in [0.25, 0.3) is 5.69 Å². The van der Waals surface area contributed by atoms with Gasteiger partial charge in [0.15, 0.2) is 5.69 Å². The number of thiophene rings is 1. The Labute approximate surface area is 180 Å². The molecule has 2 aromatic heterocycles. The van der Waals surface area contributed by atoms with E-state index < -0.39 is 50.8 Å². The number of rotatable bonds is 5. The van der Waals surface area contributed by atoms with Crippen LogP contribution >= 0.6 is 11.3 Å². The van der Waals surface area contributed by atoms with E-state index in [0.717, 1.165) is 12.1 Å². The van der Waals surface area contributed by atoms with Crippen LogP contribution in [0.15, 0.2) is 46.8 Å². The first kappa shape index (κ1) is 23.7. The molecular weight excluding hydrogens is 486 g/mol. The van der Waals surface area contributed by atoms with E-state index in [1.54, 1.807) is 0 Å². The van der Waals surface area contributed by atoms with Crippen molar-refractivity contribution in [3.8, 4) is 5.69 Å². The highest BCUT2D eigenvalue weighted by atomic mass is 32.2. The van der Waals surface area contributed by atoms with E-state index in [0.29, 0.717) is 34.5 Å². The van der Waals surface area contributed by atoms with E-state index in [2.05, 4.69) is 10.4 Å². The fourth-order valence-electron chi connectivity index (χ4n) is 2.67. The van der Waals surface area contributed by atoms with Crippen molar-refractivity contribution in [3.05, 3.63) is 64.3 Å². The average Bonchev–Trinajstić information content (AvgIpc) is 3.32. The van der Waals surface area contributed by atoms with Crippen molar-refractivity contribution >= 4 is 27.3 Å². The Morgan fingerprint density at radius 3 is 2.34 bits per heavy atom. The van der Waals surface area contributed by atoms with E-state index in [-0.39, 0.29) is 15.4 Å². The summed E-state index contributed by atoms with van der Waals surface area (Å²) in [7, 11) is -3.98. The first-order chi connectivity index (χ1) is 14.7. The third-order valence-electron chi connectivity index (χ3n) is 4.04. The summed E-state index contributed by atoms with van der Waals surface area (Å²) in [4.78, 5) is 12.7. The highest BCUT2D eigenvalue weighted by molar-refractivity contribution is 7.91. The van der Waals surface area contributed by atoms with Crippen molar-refractivity contribution in [1.82, 2.24) is 15.1 Å². The molecule has 0 saturated heterocycles. The third kappa shape index (κ3) is 5.11. The van der Waals surface area contributed by atoms with Gasteiger partial charge in [0.1, 0.15) is 4.21 Å². The van der Waals surface area contributed by atoms with Gasteiger partial charge in [-0.3, -0.25) is 4.79 Å². The van der Waals surface area contributed by atoms with Gasteiger partial charge in [-0.2, -0.15) is 31.4 Å². The number of hydrogen-bond donors (Lipinski definition) is 2. The third-order valence-corrected chi connectivity index (χ3v) is 6.56. The summed E-state index contributed by atoms with van der Waals surface area (Å²) in [5.41, 5.74) is -4.21. The summed E-state index contributed by atoms with van der Waals surface area (Å²) in [5.74, 6) is -1.21. The van der Waals surface area contributed by atoms with Gasteiger partial charge >= 0.3 is 12.4 Å². The zero-order chi connectivity index (χ0) is 23.9. The van der Waals surface area contributed by atoms with Crippen LogP contribution in [0, 0.1) is 0 Å². The van der Waals surface area contributed by atoms with Gasteiger partial charge in [0.05, 0.1) is 29.6 Å². The number of nitrogens with two attached hydrogens (primary N) is 1. The summed E-state index contributed by atoms with van der Waals surface area (Å²) in [6, 6.07) is 5.56. The Hall–Kier alpha value is -2.91. The lowest BCUT2D eigenvalue weighted by molar-refractivity contribution is -0.143. The molecule has 0 aliphatic heterocycles. The molecule has 1 amide bonds. The number of sulfonamides is 1. The zero-order valence-electron chi connectivity index (χ0n) is 15.5. The van der Waals surface area contributed by atoms with Crippen LogP contribution in [0.2, 0.25) is 0 Å². The van der Waals surface area contributed by atoms with Crippen molar-refractivity contribution in [1.29, 1.82) is 0 Å². The van der Waals surface area contributed by atoms with Crippen molar-refractivity contribution in [2.75, 3.05) is 0 Å². The standard InChI is InChI=1S/C17H12F6N4O3S2/c18-16(19,20)9-2-1-3-10(6-9)27-14(17(21,22)23)12(8-26-27)15(28)25-7-11-4-5-13(31-11)32(24,29)30/h1-6,8H,7H2,(H,25,28)(H2,24,29,30). The zero-order valence-corrected chi connectivity index (χ0v) is 17.2. The first-order valence-electron chi connectivity index (χ1n) is 8.40. The molecule has 172 valence electrons. The number of aromatic nitrogens is 2. The summed E-state index contributed by atoms with van der Waals surface area (Å²) >= 11 is 0.715. The van der Waals surface area contributed by atoms with Crippen LogP contribution in [-0.4, -0.2) is 24.1 Å². The molecule has 0 saturated carbocycles. The van der Waals surface area contributed by atoms with Crippen LogP contribution in [-0.2, 0) is 28.9 Å². The highest BCUT2D eigenvalue weighted by Gasteiger charge is 2.41. The Morgan fingerprint density at radius 2 is 1.78 bits per heavy atom. The summed E-state index contributed by atoms with van der Waals surface area (Å²) in [6.45, 7) is -0.314. The molecule has 1 aromatic carbocycles. The van der Waals surface area contributed by atoms with Gasteiger partial charge in [-0.05, 0) is 30.3 Å². The van der Waals surface area contributed by atoms with Gasteiger partial charge in [0.2, 0.25) is 10.0 Å². The van der Waals surface area contributed by atoms with Crippen molar-refractivity contribution in [3.63, 3.8) is 0 Å². The van der Waals surface area contributed by atoms with Gasteiger partial charge in [-0.1, -0.05) is 6.07 Å². The maximum Gasteiger partial charge on any atom is 0.434 e. The molecule has 3 rings (SSSR count). The highest BCUT2D eigenvalue weighted by Crippen LogP contribution is 2.35. The Kier molecular flexibility index (Phi) is 6.10. The number of nitrogens with zero attached hydrogens (tertiary/aromatic N) is 2. The fraction of sp³-hybridized carbons (Fsp3) is 0.176. The second kappa shape index (κ2) is 8.22. The minimum Gasteiger partial charge on any atom is -0.347 e. The number of benzene rings is 1. The molecule has 0 unspecified atom stereocenters. The molecular formula is C17H12F6N4O3S2. The minimum atomic E-state index is -5.12. The molecule has 0 fully saturated rings. The number of primary sulfonamides is 1. The average molecular weight is 498 g/mol. The van der Waals surface area contributed by atoms with Crippen molar-refractivity contribution in [2.45, 2.75) is 23.1 Å². The molecule has 0 atom stereocenters. The largest absolute Gasteiger partial charge is 0.434 e. The van der Waals surface area contributed by atoms with E-state index in [1.165, 1.54) is 12.1 Å². The number of carbonyl (C=O) groups excluding carboxylic acids is 1. The fourth-order valence-corrected chi connectivity index (χ4v) is 4.38. The number of nitrogens with one attached hydrogen (secondary N) is 1. The molecule has 15 heteroatoms. The quantitative estimate of drug-likeness (QED) is 0.525. The van der Waals surface area contributed by atoms with Gasteiger partial charge in [-0.25, -0.2) is 18.2 Å². The van der Waals surface area contributed by atoms with Crippen LogP contribution in [0.5, 0.6) is 0 Å². The minimum absolute atomic E-state index is 0.199. The van der Waals surface area contributed by atoms with Crippen LogP contribution in [0.3, 0.4) is 0 Å². The van der Waals surface area contributed by atoms with Gasteiger partial charge in [0, 0.05) is 4.88 Å². The number of alkyl halides is 6. The molecule has 3 N–H and O–H groups in total. The molecule has 2 heterocycles. The monoisotopic (exact) mass is 498 g/mol. The summed E-state index contributed by atoms with van der Waals surface area (Å²) < 4.78 is 102. The van der Waals surface area contributed by atoms with Gasteiger partial charge in [-0.15, -0.1) is 11.3 Å². The molecule has 0 aliphatic carbocycles. The summed E-state index contributed by atoms with van der Waals surface area (Å²) in [5, 5.41) is 10.6. The normalized spacial score (nSPS) is 12.7. The van der Waals surface area contributed by atoms with Gasteiger partial charge < -0.3 is 5.32 Å². The van der Waals surface area contributed by atoms with Gasteiger partial charge in [0.25, 0.3) is 5.91 Å². The van der Waals surface area contributed by atoms with E-state index in [4.69, 9.17) is 5.14 Å². The Balaban J connectivity index is 1.92. The van der Waals surface area contributed by atoms with Crippen LogP contribution in [0.4, 0.5) is 26.3 Å². The summed E-state index contributed by atoms with van der Waals surface area (Å²) in [6.07, 6.45) is -9.33. The molecule has 0 radical (unpaired) electrons. The second-order valence-electron chi connectivity index (χ2n) is 6.31. The first-order valence-corrected chi connectivity index (χ1v) is 10.8. The maximum absolute atomic E-state index is 13.7. The predicted octanol–water partition coefficient (Wildman–Crippen LogP) is 3.55. The number of amides is 1. The van der Waals surface area contributed by atoms with E-state index in [9.17, 15) is 39.6 Å². The SMILES string of the molecule is NS(=O)(=O)c1ccc(CNC(=O)c2cnn(-c3cccc(C(F)(F)F)c3)c2C(F)(F)F)s1. The number of halogens is 6. The van der Waals surface area contributed by atoms with Crippen molar-refractivity contribution < 1.29 is 39.6 Å². The molecule has 0 bridgehead atoms. The molecule has 7 nitrogen and oxygen atoms in total. The topological polar surface area (TPSA) is 107 Å². The van der Waals surface area contributed by atoms with Crippen LogP contribution < -0.4 is 10.5 Å². The second-order valence-corrected chi connectivity index (χ2v) is 9.27. The molecule has 0 spiro atoms. The van der Waals surface area contributed by atoms with E-state index >= 15 is 0 Å². The lowest BCUT2D eigenvalue weighted by Gasteiger charge is -2.14. The molecule has 0 aliphatic rings. The Bertz CT molecular complexity index is 1260. The Morgan fingerprint density at radius 1 is 1.09 bits per heavy atom. The maximum atomic E-state index is 13.7. The molecule has 3 aromatic rings. The lowest BCUT2D eigenvalue weighted by atomic mass is 10.1. The predicted molar refractivity (Wildman–Crippen MR) is 100 cm³/mol. The van der Waals surface area contributed by atoms with E-state index in [1.807, 2.05) is 0 Å². The number of hydrogen-bond acceptors (Lipinski definition) is 5. The number of carbonyl (C=O) groups is 1. The van der Waals surface area contributed by atoms with Crippen molar-refractivity contribution in [2.24, 2.45) is 5.14 Å². The molecule has 32 heavy (non-hydrogen) atoms.